The molecule has 3 heterocycles. The summed E-state index contributed by atoms with van der Waals surface area (Å²) in [7, 11) is 1.69. The lowest BCUT2D eigenvalue weighted by atomic mass is 9.99. The maximum absolute atomic E-state index is 13.4. The molecule has 2 aliphatic heterocycles. The van der Waals surface area contributed by atoms with Gasteiger partial charge in [-0.3, -0.25) is 25.3 Å². The van der Waals surface area contributed by atoms with E-state index in [1.54, 1.807) is 19.5 Å². The highest BCUT2D eigenvalue weighted by Crippen LogP contribution is 2.27. The van der Waals surface area contributed by atoms with Gasteiger partial charge in [0.15, 0.2) is 6.17 Å². The summed E-state index contributed by atoms with van der Waals surface area (Å²) < 4.78 is 18.6. The van der Waals surface area contributed by atoms with Gasteiger partial charge in [-0.1, -0.05) is 5.18 Å². The Morgan fingerprint density at radius 3 is 2.74 bits per heavy atom. The molecular formula is C19H31FN8O3. The number of methoxy groups -OCH3 is 1. The highest BCUT2D eigenvalue weighted by molar-refractivity contribution is 5.96. The molecule has 172 valence electrons. The molecule has 0 aromatic carbocycles. The molecular weight excluding hydrogens is 407 g/mol. The predicted molar refractivity (Wildman–Crippen MR) is 115 cm³/mol. The van der Waals surface area contributed by atoms with Crippen LogP contribution in [-0.2, 0) is 9.53 Å². The van der Waals surface area contributed by atoms with Crippen LogP contribution >= 0.6 is 0 Å². The van der Waals surface area contributed by atoms with E-state index in [0.717, 1.165) is 38.4 Å². The van der Waals surface area contributed by atoms with Crippen molar-refractivity contribution in [2.24, 2.45) is 16.8 Å². The van der Waals surface area contributed by atoms with Crippen LogP contribution in [0.25, 0.3) is 0 Å². The van der Waals surface area contributed by atoms with E-state index in [-0.39, 0.29) is 13.1 Å². The number of halogens is 1. The van der Waals surface area contributed by atoms with Gasteiger partial charge in [-0.25, -0.2) is 4.39 Å². The molecule has 1 amide bonds. The monoisotopic (exact) mass is 438 g/mol. The molecule has 2 aliphatic rings. The fourth-order valence-corrected chi connectivity index (χ4v) is 3.89. The highest BCUT2D eigenvalue weighted by atomic mass is 19.1. The molecule has 0 bridgehead atoms. The van der Waals surface area contributed by atoms with Crippen molar-refractivity contribution in [2.75, 3.05) is 69.7 Å². The number of nitrogens with two attached hydrogens (primary N) is 1. The van der Waals surface area contributed by atoms with Gasteiger partial charge in [0, 0.05) is 59.1 Å². The molecule has 31 heavy (non-hydrogen) atoms. The maximum Gasteiger partial charge on any atom is 0.234 e. The molecule has 2 atom stereocenters. The van der Waals surface area contributed by atoms with Crippen LogP contribution in [0.3, 0.4) is 0 Å². The first kappa shape index (κ1) is 23.4. The molecule has 0 saturated carbocycles. The van der Waals surface area contributed by atoms with E-state index in [4.69, 9.17) is 10.5 Å². The Bertz CT molecular complexity index is 726. The number of pyridine rings is 1. The Morgan fingerprint density at radius 1 is 1.39 bits per heavy atom. The van der Waals surface area contributed by atoms with Crippen LogP contribution < -0.4 is 26.6 Å². The number of nitrogens with zero attached hydrogens (tertiary/aromatic N) is 4. The van der Waals surface area contributed by atoms with Crippen molar-refractivity contribution in [2.45, 2.75) is 18.5 Å². The van der Waals surface area contributed by atoms with Crippen LogP contribution in [-0.4, -0.2) is 93.8 Å². The van der Waals surface area contributed by atoms with Crippen LogP contribution in [0, 0.1) is 10.8 Å². The van der Waals surface area contributed by atoms with Gasteiger partial charge in [-0.15, -0.1) is 4.91 Å². The molecule has 2 saturated heterocycles. The molecule has 1 aromatic heterocycles. The maximum atomic E-state index is 13.4. The minimum Gasteiger partial charge on any atom is -0.383 e. The fraction of sp³-hybridized carbons (Fsp3) is 0.684. The van der Waals surface area contributed by atoms with E-state index in [1.807, 2.05) is 6.07 Å². The Morgan fingerprint density at radius 2 is 2.10 bits per heavy atom. The van der Waals surface area contributed by atoms with Crippen LogP contribution in [0.15, 0.2) is 23.6 Å². The van der Waals surface area contributed by atoms with E-state index in [1.165, 1.54) is 0 Å². The summed E-state index contributed by atoms with van der Waals surface area (Å²) in [5.74, 6) is -1.49. The van der Waals surface area contributed by atoms with E-state index in [0.29, 0.717) is 12.3 Å². The third-order valence-electron chi connectivity index (χ3n) is 5.65. The van der Waals surface area contributed by atoms with E-state index in [9.17, 15) is 14.1 Å². The first-order valence-corrected chi connectivity index (χ1v) is 10.4. The van der Waals surface area contributed by atoms with Crippen molar-refractivity contribution in [1.82, 2.24) is 20.5 Å². The molecule has 12 heteroatoms. The third-order valence-corrected chi connectivity index (χ3v) is 5.65. The summed E-state index contributed by atoms with van der Waals surface area (Å²) >= 11 is 0. The second kappa shape index (κ2) is 11.4. The van der Waals surface area contributed by atoms with Crippen molar-refractivity contribution in [3.63, 3.8) is 0 Å². The fourth-order valence-electron chi connectivity index (χ4n) is 3.89. The largest absolute Gasteiger partial charge is 0.383 e. The number of hydrogen-bond acceptors (Lipinski definition) is 10. The third kappa shape index (κ3) is 6.14. The SMILES string of the molecule is COCCN1CCN(c2ccncc2NC(=O)C(C(N)N=O)C2NCC(F)CN2)CC1. The van der Waals surface area contributed by atoms with Gasteiger partial charge in [-0.2, -0.15) is 0 Å². The number of anilines is 2. The Balaban J connectivity index is 1.68. The van der Waals surface area contributed by atoms with Gasteiger partial charge in [0.2, 0.25) is 5.91 Å². The molecule has 5 N–H and O–H groups in total. The number of amides is 1. The smallest absolute Gasteiger partial charge is 0.234 e. The number of carbonyl (C=O) groups excluding carboxylic acids is 1. The minimum atomic E-state index is -1.29. The normalized spacial score (nSPS) is 24.4. The number of rotatable bonds is 9. The second-order valence-electron chi connectivity index (χ2n) is 7.72. The first-order valence-electron chi connectivity index (χ1n) is 10.4. The lowest BCUT2D eigenvalue weighted by molar-refractivity contribution is -0.122. The number of nitrogens with one attached hydrogen (secondary N) is 3. The zero-order valence-electron chi connectivity index (χ0n) is 17.7. The average molecular weight is 439 g/mol. The topological polar surface area (TPSA) is 137 Å². The minimum absolute atomic E-state index is 0.0680. The molecule has 0 spiro atoms. The summed E-state index contributed by atoms with van der Waals surface area (Å²) in [6.07, 6.45) is 0.216. The van der Waals surface area contributed by atoms with E-state index >= 15 is 0 Å². The van der Waals surface area contributed by atoms with Gasteiger partial charge in [0.1, 0.15) is 12.1 Å². The number of carbonyl (C=O) groups is 1. The van der Waals surface area contributed by atoms with Crippen molar-refractivity contribution in [1.29, 1.82) is 0 Å². The van der Waals surface area contributed by atoms with Gasteiger partial charge >= 0.3 is 0 Å². The van der Waals surface area contributed by atoms with E-state index in [2.05, 4.69) is 35.9 Å². The lowest BCUT2D eigenvalue weighted by Crippen LogP contribution is -2.62. The van der Waals surface area contributed by atoms with Gasteiger partial charge < -0.3 is 20.7 Å². The van der Waals surface area contributed by atoms with Gasteiger partial charge in [-0.05, 0) is 6.07 Å². The Kier molecular flexibility index (Phi) is 8.60. The summed E-state index contributed by atoms with van der Waals surface area (Å²) in [4.78, 5) is 32.8. The summed E-state index contributed by atoms with van der Waals surface area (Å²) in [6, 6.07) is 1.85. The first-order chi connectivity index (χ1) is 15.0. The van der Waals surface area contributed by atoms with Crippen LogP contribution in [0.1, 0.15) is 0 Å². The zero-order valence-corrected chi connectivity index (χ0v) is 17.7. The molecule has 2 fully saturated rings. The van der Waals surface area contributed by atoms with Crippen molar-refractivity contribution in [3.05, 3.63) is 23.4 Å². The Hall–Kier alpha value is -2.25. The average Bonchev–Trinajstić information content (AvgIpc) is 2.79. The summed E-state index contributed by atoms with van der Waals surface area (Å²) in [5.41, 5.74) is 7.19. The van der Waals surface area contributed by atoms with Crippen LogP contribution in [0.2, 0.25) is 0 Å². The number of hydrogen-bond donors (Lipinski definition) is 4. The second-order valence-corrected chi connectivity index (χ2v) is 7.72. The quantitative estimate of drug-likeness (QED) is 0.369. The van der Waals surface area contributed by atoms with Crippen LogP contribution in [0.4, 0.5) is 15.8 Å². The van der Waals surface area contributed by atoms with Gasteiger partial charge in [0.25, 0.3) is 0 Å². The van der Waals surface area contributed by atoms with Crippen molar-refractivity contribution < 1.29 is 13.9 Å². The number of aromatic nitrogens is 1. The standard InChI is InChI=1S/C19H31FN8O3/c1-31-9-8-27-4-6-28(7-5-27)15-2-3-22-12-14(15)25-19(29)16(17(21)26-30)18-23-10-13(20)11-24-18/h2-3,12-13,16-18,23-24H,4-11,21H2,1H3,(H,25,29). The Labute approximate surface area is 180 Å². The summed E-state index contributed by atoms with van der Waals surface area (Å²) in [5, 5.41) is 11.5. The van der Waals surface area contributed by atoms with Crippen molar-refractivity contribution in [3.8, 4) is 0 Å². The van der Waals surface area contributed by atoms with E-state index < -0.39 is 30.3 Å². The van der Waals surface area contributed by atoms with Crippen molar-refractivity contribution >= 4 is 17.3 Å². The number of nitroso groups, excluding NO2 is 1. The molecule has 0 aliphatic carbocycles. The molecule has 11 nitrogen and oxygen atoms in total. The predicted octanol–water partition coefficient (Wildman–Crippen LogP) is -0.687. The summed E-state index contributed by atoms with van der Waals surface area (Å²) in [6.45, 7) is 5.04. The number of alkyl halides is 1. The molecule has 0 radical (unpaired) electrons. The highest BCUT2D eigenvalue weighted by Gasteiger charge is 2.37. The molecule has 1 aromatic rings. The van der Waals surface area contributed by atoms with Gasteiger partial charge in [0.05, 0.1) is 30.3 Å². The number of ether oxygens (including phenoxy) is 1. The van der Waals surface area contributed by atoms with Crippen LogP contribution in [0.5, 0.6) is 0 Å². The zero-order chi connectivity index (χ0) is 22.2. The molecule has 2 unspecified atom stereocenters. The molecule has 3 rings (SSSR count). The number of piperazine rings is 1. The lowest BCUT2D eigenvalue weighted by Gasteiger charge is -2.37.